The molecule has 0 radical (unpaired) electrons. The van der Waals surface area contributed by atoms with Gasteiger partial charge in [0.15, 0.2) is 0 Å². The van der Waals surface area contributed by atoms with Crippen LogP contribution < -0.4 is 0 Å². The Morgan fingerprint density at radius 3 is 3.00 bits per heavy atom. The molecule has 2 heteroatoms. The molecule has 15 heavy (non-hydrogen) atoms. The maximum Gasteiger partial charge on any atom is 0.137 e. The van der Waals surface area contributed by atoms with Gasteiger partial charge < -0.3 is 4.42 Å². The molecule has 2 nitrogen and oxygen atoms in total. The summed E-state index contributed by atoms with van der Waals surface area (Å²) >= 11 is 0. The van der Waals surface area contributed by atoms with Crippen molar-refractivity contribution in [3.63, 3.8) is 0 Å². The standard InChI is InChI=1S/C13H14O2/c1-2-3-12(14)8-10-4-5-11-6-7-15-13(11)9-10/h4-7,9H,2-3,8H2,1H3. The summed E-state index contributed by atoms with van der Waals surface area (Å²) in [6, 6.07) is 7.86. The number of ketones is 1. The average Bonchev–Trinajstić information content (AvgIpc) is 2.65. The summed E-state index contributed by atoms with van der Waals surface area (Å²) in [5.41, 5.74) is 1.90. The Morgan fingerprint density at radius 2 is 2.20 bits per heavy atom. The zero-order chi connectivity index (χ0) is 10.7. The Balaban J connectivity index is 2.17. The summed E-state index contributed by atoms with van der Waals surface area (Å²) in [6.45, 7) is 2.02. The van der Waals surface area contributed by atoms with Crippen molar-refractivity contribution < 1.29 is 9.21 Å². The molecular weight excluding hydrogens is 188 g/mol. The van der Waals surface area contributed by atoms with Gasteiger partial charge in [0.25, 0.3) is 0 Å². The molecule has 0 bridgehead atoms. The monoisotopic (exact) mass is 202 g/mol. The van der Waals surface area contributed by atoms with Gasteiger partial charge in [0.2, 0.25) is 0 Å². The van der Waals surface area contributed by atoms with Crippen molar-refractivity contribution in [2.45, 2.75) is 26.2 Å². The molecule has 2 rings (SSSR count). The second-order valence-electron chi connectivity index (χ2n) is 3.76. The normalized spacial score (nSPS) is 10.7. The summed E-state index contributed by atoms with van der Waals surface area (Å²) < 4.78 is 5.29. The van der Waals surface area contributed by atoms with Crippen molar-refractivity contribution in [1.29, 1.82) is 0 Å². The lowest BCUT2D eigenvalue weighted by Gasteiger charge is -1.99. The number of carbonyl (C=O) groups excluding carboxylic acids is 1. The van der Waals surface area contributed by atoms with Crippen LogP contribution in [0.2, 0.25) is 0 Å². The molecule has 1 heterocycles. The maximum atomic E-state index is 11.5. The minimum absolute atomic E-state index is 0.295. The van der Waals surface area contributed by atoms with Gasteiger partial charge >= 0.3 is 0 Å². The predicted molar refractivity (Wildman–Crippen MR) is 59.8 cm³/mol. The van der Waals surface area contributed by atoms with Crippen LogP contribution in [0.5, 0.6) is 0 Å². The first-order valence-corrected chi connectivity index (χ1v) is 5.27. The molecule has 0 aliphatic carbocycles. The van der Waals surface area contributed by atoms with E-state index in [1.54, 1.807) is 6.26 Å². The second-order valence-corrected chi connectivity index (χ2v) is 3.76. The summed E-state index contributed by atoms with van der Waals surface area (Å²) in [4.78, 5) is 11.5. The van der Waals surface area contributed by atoms with E-state index in [2.05, 4.69) is 0 Å². The Morgan fingerprint density at radius 1 is 1.33 bits per heavy atom. The maximum absolute atomic E-state index is 11.5. The molecule has 0 aliphatic heterocycles. The number of Topliss-reactive ketones (excluding diaryl/α,β-unsaturated/α-hetero) is 1. The highest BCUT2D eigenvalue weighted by atomic mass is 16.3. The van der Waals surface area contributed by atoms with Gasteiger partial charge in [-0.2, -0.15) is 0 Å². The highest BCUT2D eigenvalue weighted by Gasteiger charge is 2.04. The minimum Gasteiger partial charge on any atom is -0.464 e. The van der Waals surface area contributed by atoms with E-state index in [1.165, 1.54) is 0 Å². The van der Waals surface area contributed by atoms with E-state index in [0.29, 0.717) is 18.6 Å². The largest absolute Gasteiger partial charge is 0.464 e. The van der Waals surface area contributed by atoms with Crippen LogP contribution in [-0.2, 0) is 11.2 Å². The third kappa shape index (κ3) is 2.27. The van der Waals surface area contributed by atoms with Gasteiger partial charge in [-0.1, -0.05) is 19.1 Å². The molecule has 0 unspecified atom stereocenters. The fourth-order valence-electron chi connectivity index (χ4n) is 1.70. The molecule has 1 aromatic heterocycles. The summed E-state index contributed by atoms with van der Waals surface area (Å²) in [5.74, 6) is 0.295. The van der Waals surface area contributed by atoms with E-state index in [9.17, 15) is 4.79 Å². The van der Waals surface area contributed by atoms with Crippen molar-refractivity contribution in [3.05, 3.63) is 36.1 Å². The van der Waals surface area contributed by atoms with E-state index in [4.69, 9.17) is 4.42 Å². The Hall–Kier alpha value is -1.57. The minimum atomic E-state index is 0.295. The molecule has 0 aliphatic rings. The first-order valence-electron chi connectivity index (χ1n) is 5.27. The molecule has 0 saturated carbocycles. The third-order valence-corrected chi connectivity index (χ3v) is 2.45. The van der Waals surface area contributed by atoms with Crippen LogP contribution in [0.1, 0.15) is 25.3 Å². The molecule has 0 amide bonds. The molecular formula is C13H14O2. The molecule has 2 aromatic rings. The molecule has 0 spiro atoms. The van der Waals surface area contributed by atoms with Crippen LogP contribution in [0.25, 0.3) is 11.0 Å². The smallest absolute Gasteiger partial charge is 0.137 e. The second kappa shape index (κ2) is 4.30. The summed E-state index contributed by atoms with van der Waals surface area (Å²) in [5, 5.41) is 1.08. The number of hydrogen-bond acceptors (Lipinski definition) is 2. The zero-order valence-electron chi connectivity index (χ0n) is 8.82. The van der Waals surface area contributed by atoms with Gasteiger partial charge in [-0.3, -0.25) is 4.79 Å². The Bertz CT molecular complexity index is 468. The first-order chi connectivity index (χ1) is 7.29. The molecule has 0 fully saturated rings. The first kappa shape index (κ1) is 9.97. The number of rotatable bonds is 4. The number of benzene rings is 1. The fourth-order valence-corrected chi connectivity index (χ4v) is 1.70. The van der Waals surface area contributed by atoms with Crippen LogP contribution in [-0.4, -0.2) is 5.78 Å². The van der Waals surface area contributed by atoms with Crippen molar-refractivity contribution in [3.8, 4) is 0 Å². The van der Waals surface area contributed by atoms with E-state index >= 15 is 0 Å². The third-order valence-electron chi connectivity index (χ3n) is 2.45. The van der Waals surface area contributed by atoms with Crippen LogP contribution in [0, 0.1) is 0 Å². The summed E-state index contributed by atoms with van der Waals surface area (Å²) in [6.07, 6.45) is 3.77. The van der Waals surface area contributed by atoms with E-state index in [0.717, 1.165) is 23.0 Å². The van der Waals surface area contributed by atoms with Crippen LogP contribution in [0.15, 0.2) is 34.9 Å². The van der Waals surface area contributed by atoms with Crippen molar-refractivity contribution in [1.82, 2.24) is 0 Å². The predicted octanol–water partition coefficient (Wildman–Crippen LogP) is 3.34. The molecule has 1 aromatic carbocycles. The van der Waals surface area contributed by atoms with Crippen LogP contribution in [0.4, 0.5) is 0 Å². The quantitative estimate of drug-likeness (QED) is 0.761. The zero-order valence-corrected chi connectivity index (χ0v) is 8.82. The number of carbonyl (C=O) groups is 1. The van der Waals surface area contributed by atoms with Crippen molar-refractivity contribution >= 4 is 16.8 Å². The van der Waals surface area contributed by atoms with Gasteiger partial charge in [0.05, 0.1) is 6.26 Å². The van der Waals surface area contributed by atoms with E-state index in [1.807, 2.05) is 31.2 Å². The SMILES string of the molecule is CCCC(=O)Cc1ccc2ccoc2c1. The van der Waals surface area contributed by atoms with E-state index < -0.39 is 0 Å². The van der Waals surface area contributed by atoms with Gasteiger partial charge in [0.1, 0.15) is 11.4 Å². The van der Waals surface area contributed by atoms with Crippen LogP contribution >= 0.6 is 0 Å². The molecule has 78 valence electrons. The van der Waals surface area contributed by atoms with E-state index in [-0.39, 0.29) is 0 Å². The van der Waals surface area contributed by atoms with Crippen molar-refractivity contribution in [2.75, 3.05) is 0 Å². The summed E-state index contributed by atoms with van der Waals surface area (Å²) in [7, 11) is 0. The molecule has 0 N–H and O–H groups in total. The van der Waals surface area contributed by atoms with Crippen molar-refractivity contribution in [2.24, 2.45) is 0 Å². The van der Waals surface area contributed by atoms with Gasteiger partial charge in [-0.25, -0.2) is 0 Å². The topological polar surface area (TPSA) is 30.2 Å². The Labute approximate surface area is 88.9 Å². The van der Waals surface area contributed by atoms with Gasteiger partial charge in [0, 0.05) is 18.2 Å². The molecule has 0 atom stereocenters. The number of fused-ring (bicyclic) bond motifs is 1. The molecule has 0 saturated heterocycles. The lowest BCUT2D eigenvalue weighted by atomic mass is 10.1. The average molecular weight is 202 g/mol. The van der Waals surface area contributed by atoms with Gasteiger partial charge in [-0.15, -0.1) is 0 Å². The lowest BCUT2D eigenvalue weighted by Crippen LogP contribution is -2.01. The highest BCUT2D eigenvalue weighted by Crippen LogP contribution is 2.17. The lowest BCUT2D eigenvalue weighted by molar-refractivity contribution is -0.118. The Kier molecular flexibility index (Phi) is 2.86. The van der Waals surface area contributed by atoms with Crippen LogP contribution in [0.3, 0.4) is 0 Å². The number of furan rings is 1. The van der Waals surface area contributed by atoms with Gasteiger partial charge in [-0.05, 0) is 24.1 Å². The number of hydrogen-bond donors (Lipinski definition) is 0. The fraction of sp³-hybridized carbons (Fsp3) is 0.308. The highest BCUT2D eigenvalue weighted by molar-refractivity contribution is 5.83.